The van der Waals surface area contributed by atoms with Crippen LogP contribution in [0.3, 0.4) is 0 Å². The first kappa shape index (κ1) is 13.0. The molecule has 0 unspecified atom stereocenters. The lowest BCUT2D eigenvalue weighted by atomic mass is 10.2. The van der Waals surface area contributed by atoms with Crippen molar-refractivity contribution in [2.24, 2.45) is 0 Å². The van der Waals surface area contributed by atoms with E-state index in [-0.39, 0.29) is 12.2 Å². The molecule has 0 fully saturated rings. The average Bonchev–Trinajstić information content (AvgIpc) is 2.32. The summed E-state index contributed by atoms with van der Waals surface area (Å²) in [4.78, 5) is 26.6. The molecule has 0 bridgehead atoms. The minimum atomic E-state index is -1.14. The first-order chi connectivity index (χ1) is 8.04. The van der Waals surface area contributed by atoms with E-state index >= 15 is 0 Å². The Balaban J connectivity index is 2.52. The maximum atomic E-state index is 12.8. The van der Waals surface area contributed by atoms with Crippen molar-refractivity contribution in [1.29, 1.82) is 0 Å². The van der Waals surface area contributed by atoms with E-state index in [1.807, 2.05) is 5.48 Å². The molecular formula is C10H10F2N2O3. The molecular weight excluding hydrogens is 234 g/mol. The van der Waals surface area contributed by atoms with Gasteiger partial charge in [0.05, 0.1) is 0 Å². The number of halogens is 2. The number of likely N-dealkylation sites (N-methyl/N-ethyl adjacent to an activating group) is 1. The fourth-order valence-electron chi connectivity index (χ4n) is 0.936. The topological polar surface area (TPSA) is 67.4 Å². The van der Waals surface area contributed by atoms with Crippen LogP contribution in [-0.4, -0.2) is 25.5 Å². The summed E-state index contributed by atoms with van der Waals surface area (Å²) in [7, 11) is 1.41. The Morgan fingerprint density at radius 1 is 1.29 bits per heavy atom. The molecule has 1 rings (SSSR count). The third-order valence-corrected chi connectivity index (χ3v) is 1.83. The highest BCUT2D eigenvalue weighted by molar-refractivity contribution is 5.93. The normalized spacial score (nSPS) is 9.82. The van der Waals surface area contributed by atoms with Crippen LogP contribution >= 0.6 is 0 Å². The van der Waals surface area contributed by atoms with Gasteiger partial charge in [-0.3, -0.25) is 14.4 Å². The standard InChI is InChI=1S/C10H10F2N2O3/c1-13-9(15)5-17-14-10(16)6-2-3-7(11)8(12)4-6/h2-4H,5H2,1H3,(H,13,15)(H,14,16). The molecule has 2 N–H and O–H groups in total. The van der Waals surface area contributed by atoms with E-state index in [0.29, 0.717) is 0 Å². The maximum absolute atomic E-state index is 12.8. The fourth-order valence-corrected chi connectivity index (χ4v) is 0.936. The van der Waals surface area contributed by atoms with Crippen molar-refractivity contribution < 1.29 is 23.2 Å². The number of benzene rings is 1. The number of carbonyl (C=O) groups excluding carboxylic acids is 2. The second kappa shape index (κ2) is 5.90. The summed E-state index contributed by atoms with van der Waals surface area (Å²) in [6.45, 7) is -0.369. The van der Waals surface area contributed by atoms with Crippen LogP contribution in [0, 0.1) is 11.6 Å². The summed E-state index contributed by atoms with van der Waals surface area (Å²) >= 11 is 0. The zero-order valence-electron chi connectivity index (χ0n) is 8.92. The van der Waals surface area contributed by atoms with E-state index in [9.17, 15) is 18.4 Å². The van der Waals surface area contributed by atoms with Crippen molar-refractivity contribution in [3.05, 3.63) is 35.4 Å². The molecule has 0 aliphatic rings. The van der Waals surface area contributed by atoms with Crippen LogP contribution in [0.25, 0.3) is 0 Å². The third-order valence-electron chi connectivity index (χ3n) is 1.83. The molecule has 0 heterocycles. The smallest absolute Gasteiger partial charge is 0.274 e. The Morgan fingerprint density at radius 2 is 2.00 bits per heavy atom. The van der Waals surface area contributed by atoms with Crippen molar-refractivity contribution in [2.75, 3.05) is 13.7 Å². The van der Waals surface area contributed by atoms with E-state index in [1.165, 1.54) is 7.05 Å². The van der Waals surface area contributed by atoms with Crippen LogP contribution in [0.5, 0.6) is 0 Å². The average molecular weight is 244 g/mol. The van der Waals surface area contributed by atoms with E-state index in [1.54, 1.807) is 0 Å². The van der Waals surface area contributed by atoms with Crippen LogP contribution in [0.2, 0.25) is 0 Å². The van der Waals surface area contributed by atoms with Crippen molar-refractivity contribution in [3.8, 4) is 0 Å². The molecule has 0 aliphatic carbocycles. The van der Waals surface area contributed by atoms with Gasteiger partial charge in [-0.15, -0.1) is 0 Å². The van der Waals surface area contributed by atoms with Gasteiger partial charge in [0.1, 0.15) is 0 Å². The molecule has 1 aromatic carbocycles. The Hall–Kier alpha value is -2.02. The first-order valence-corrected chi connectivity index (χ1v) is 4.62. The van der Waals surface area contributed by atoms with Crippen molar-refractivity contribution in [3.63, 3.8) is 0 Å². The monoisotopic (exact) mass is 244 g/mol. The van der Waals surface area contributed by atoms with Crippen molar-refractivity contribution >= 4 is 11.8 Å². The molecule has 0 radical (unpaired) electrons. The van der Waals surface area contributed by atoms with E-state index in [4.69, 9.17) is 0 Å². The summed E-state index contributed by atoms with van der Waals surface area (Å²) in [6.07, 6.45) is 0. The van der Waals surface area contributed by atoms with E-state index in [2.05, 4.69) is 10.2 Å². The zero-order valence-corrected chi connectivity index (χ0v) is 8.92. The molecule has 0 saturated carbocycles. The fraction of sp³-hybridized carbons (Fsp3) is 0.200. The lowest BCUT2D eigenvalue weighted by molar-refractivity contribution is -0.126. The third kappa shape index (κ3) is 3.80. The van der Waals surface area contributed by atoms with Gasteiger partial charge in [0.15, 0.2) is 18.2 Å². The van der Waals surface area contributed by atoms with Gasteiger partial charge >= 0.3 is 0 Å². The van der Waals surface area contributed by atoms with Crippen molar-refractivity contribution in [2.45, 2.75) is 0 Å². The van der Waals surface area contributed by atoms with E-state index in [0.717, 1.165) is 18.2 Å². The van der Waals surface area contributed by atoms with Gasteiger partial charge in [0.2, 0.25) is 5.91 Å². The molecule has 0 aromatic heterocycles. The molecule has 2 amide bonds. The summed E-state index contributed by atoms with van der Waals surface area (Å²) in [5.74, 6) is -3.39. The Morgan fingerprint density at radius 3 is 2.59 bits per heavy atom. The highest BCUT2D eigenvalue weighted by Gasteiger charge is 2.10. The van der Waals surface area contributed by atoms with Gasteiger partial charge in [-0.2, -0.15) is 0 Å². The number of carbonyl (C=O) groups is 2. The van der Waals surface area contributed by atoms with Gasteiger partial charge < -0.3 is 5.32 Å². The Bertz CT molecular complexity index is 438. The van der Waals surface area contributed by atoms with E-state index < -0.39 is 23.4 Å². The van der Waals surface area contributed by atoms with Crippen LogP contribution < -0.4 is 10.8 Å². The number of hydrogen-bond acceptors (Lipinski definition) is 3. The van der Waals surface area contributed by atoms with Crippen LogP contribution in [0.15, 0.2) is 18.2 Å². The zero-order chi connectivity index (χ0) is 12.8. The lowest BCUT2D eigenvalue weighted by Gasteiger charge is -2.05. The van der Waals surface area contributed by atoms with Gasteiger partial charge in [0, 0.05) is 12.6 Å². The second-order valence-electron chi connectivity index (χ2n) is 3.02. The highest BCUT2D eigenvalue weighted by atomic mass is 19.2. The summed E-state index contributed by atoms with van der Waals surface area (Å²) in [6, 6.07) is 2.65. The summed E-state index contributed by atoms with van der Waals surface area (Å²) in [5, 5.41) is 2.27. The molecule has 92 valence electrons. The Kier molecular flexibility index (Phi) is 4.53. The molecule has 0 spiro atoms. The maximum Gasteiger partial charge on any atom is 0.274 e. The minimum absolute atomic E-state index is 0.110. The van der Waals surface area contributed by atoms with Crippen LogP contribution in [0.1, 0.15) is 10.4 Å². The lowest BCUT2D eigenvalue weighted by Crippen LogP contribution is -2.31. The van der Waals surface area contributed by atoms with Gasteiger partial charge in [-0.1, -0.05) is 0 Å². The van der Waals surface area contributed by atoms with Gasteiger partial charge in [-0.05, 0) is 18.2 Å². The summed E-state index contributed by atoms with van der Waals surface area (Å²) < 4.78 is 25.4. The number of nitrogens with one attached hydrogen (secondary N) is 2. The Labute approximate surface area is 95.7 Å². The van der Waals surface area contributed by atoms with Crippen molar-refractivity contribution in [1.82, 2.24) is 10.8 Å². The second-order valence-corrected chi connectivity index (χ2v) is 3.02. The summed E-state index contributed by atoms with van der Waals surface area (Å²) in [5.41, 5.74) is 1.81. The number of hydrogen-bond donors (Lipinski definition) is 2. The van der Waals surface area contributed by atoms with Gasteiger partial charge in [0.25, 0.3) is 5.91 Å². The highest BCUT2D eigenvalue weighted by Crippen LogP contribution is 2.08. The number of hydroxylamine groups is 1. The molecule has 5 nitrogen and oxygen atoms in total. The molecule has 0 saturated heterocycles. The SMILES string of the molecule is CNC(=O)CONC(=O)c1ccc(F)c(F)c1. The van der Waals surface area contributed by atoms with Crippen LogP contribution in [-0.2, 0) is 9.63 Å². The molecule has 0 atom stereocenters. The predicted molar refractivity (Wildman–Crippen MR) is 53.8 cm³/mol. The number of rotatable bonds is 4. The molecule has 1 aromatic rings. The molecule has 7 heteroatoms. The van der Waals surface area contributed by atoms with Crippen LogP contribution in [0.4, 0.5) is 8.78 Å². The molecule has 17 heavy (non-hydrogen) atoms. The first-order valence-electron chi connectivity index (χ1n) is 4.62. The minimum Gasteiger partial charge on any atom is -0.357 e. The molecule has 0 aliphatic heterocycles. The largest absolute Gasteiger partial charge is 0.357 e. The number of amides is 2. The predicted octanol–water partition coefficient (Wildman–Crippen LogP) is 0.372. The quantitative estimate of drug-likeness (QED) is 0.752. The van der Waals surface area contributed by atoms with Gasteiger partial charge in [-0.25, -0.2) is 14.3 Å².